The number of nitrogens with one attached hydrogen (secondary N) is 1. The highest BCUT2D eigenvalue weighted by atomic mass is 32.1. The second-order valence-electron chi connectivity index (χ2n) is 5.46. The normalized spacial score (nSPS) is 21.5. The van der Waals surface area contributed by atoms with Gasteiger partial charge in [0.05, 0.1) is 6.20 Å². The van der Waals surface area contributed by atoms with Gasteiger partial charge in [0.2, 0.25) is 0 Å². The molecule has 116 valence electrons. The largest absolute Gasteiger partial charge is 0.348 e. The molecular formula is C15H19N5OS. The van der Waals surface area contributed by atoms with Crippen LogP contribution in [0.4, 0.5) is 0 Å². The average molecular weight is 317 g/mol. The molecule has 0 radical (unpaired) electrons. The van der Waals surface area contributed by atoms with Gasteiger partial charge in [0.15, 0.2) is 10.8 Å². The van der Waals surface area contributed by atoms with Crippen LogP contribution in [0, 0.1) is 5.92 Å². The summed E-state index contributed by atoms with van der Waals surface area (Å²) in [7, 11) is 0. The van der Waals surface area contributed by atoms with Crippen molar-refractivity contribution in [2.45, 2.75) is 31.7 Å². The first-order valence-electron chi connectivity index (χ1n) is 7.52. The highest BCUT2D eigenvalue weighted by molar-refractivity contribution is 7.16. The van der Waals surface area contributed by atoms with Crippen LogP contribution in [0.5, 0.6) is 0 Å². The molecule has 1 aliphatic rings. The van der Waals surface area contributed by atoms with E-state index in [-0.39, 0.29) is 11.9 Å². The van der Waals surface area contributed by atoms with Crippen molar-refractivity contribution >= 4 is 17.2 Å². The molecule has 3 rings (SSSR count). The van der Waals surface area contributed by atoms with E-state index in [2.05, 4.69) is 20.3 Å². The molecule has 1 aliphatic carbocycles. The van der Waals surface area contributed by atoms with Gasteiger partial charge in [-0.2, -0.15) is 0 Å². The van der Waals surface area contributed by atoms with Crippen molar-refractivity contribution < 1.29 is 4.79 Å². The van der Waals surface area contributed by atoms with Crippen LogP contribution in [-0.4, -0.2) is 33.4 Å². The quantitative estimate of drug-likeness (QED) is 0.897. The van der Waals surface area contributed by atoms with E-state index in [4.69, 9.17) is 5.73 Å². The molecule has 3 N–H and O–H groups in total. The van der Waals surface area contributed by atoms with Gasteiger partial charge in [0.25, 0.3) is 5.91 Å². The summed E-state index contributed by atoms with van der Waals surface area (Å²) in [5.41, 5.74) is 5.81. The smallest absolute Gasteiger partial charge is 0.263 e. The van der Waals surface area contributed by atoms with Gasteiger partial charge >= 0.3 is 0 Å². The zero-order valence-corrected chi connectivity index (χ0v) is 13.1. The fourth-order valence-electron chi connectivity index (χ4n) is 2.81. The summed E-state index contributed by atoms with van der Waals surface area (Å²) in [4.78, 5) is 25.5. The number of hydrogen-bond acceptors (Lipinski definition) is 6. The number of carbonyl (C=O) groups excluding carboxylic acids is 1. The first kappa shape index (κ1) is 15.1. The first-order chi connectivity index (χ1) is 10.8. The molecule has 6 nitrogen and oxygen atoms in total. The van der Waals surface area contributed by atoms with Gasteiger partial charge in [-0.25, -0.2) is 15.0 Å². The summed E-state index contributed by atoms with van der Waals surface area (Å²) in [6, 6.07) is 1.92. The van der Waals surface area contributed by atoms with E-state index >= 15 is 0 Å². The van der Waals surface area contributed by atoms with Crippen molar-refractivity contribution in [3.05, 3.63) is 29.5 Å². The number of nitrogens with two attached hydrogens (primary N) is 1. The van der Waals surface area contributed by atoms with Crippen LogP contribution in [0.15, 0.2) is 24.7 Å². The Kier molecular flexibility index (Phi) is 4.74. The van der Waals surface area contributed by atoms with Gasteiger partial charge in [0.1, 0.15) is 4.88 Å². The van der Waals surface area contributed by atoms with E-state index in [9.17, 15) is 4.79 Å². The molecule has 0 bridgehead atoms. The molecule has 1 saturated carbocycles. The Bertz CT molecular complexity index is 630. The van der Waals surface area contributed by atoms with Crippen LogP contribution >= 0.6 is 11.3 Å². The number of rotatable bonds is 4. The Labute approximate surface area is 133 Å². The maximum Gasteiger partial charge on any atom is 0.263 e. The number of amides is 1. The molecular weight excluding hydrogens is 298 g/mol. The summed E-state index contributed by atoms with van der Waals surface area (Å²) in [5, 5.41) is 3.77. The summed E-state index contributed by atoms with van der Waals surface area (Å²) in [6.07, 6.45) is 9.35. The van der Waals surface area contributed by atoms with Crippen molar-refractivity contribution in [1.29, 1.82) is 0 Å². The van der Waals surface area contributed by atoms with E-state index in [1.807, 2.05) is 0 Å². The van der Waals surface area contributed by atoms with E-state index in [0.717, 1.165) is 19.3 Å². The third-order valence-electron chi connectivity index (χ3n) is 4.01. The fourth-order valence-corrected chi connectivity index (χ4v) is 3.58. The molecule has 2 aromatic rings. The molecule has 0 aliphatic heterocycles. The summed E-state index contributed by atoms with van der Waals surface area (Å²) in [5.74, 6) is 0.844. The molecule has 0 aromatic carbocycles. The monoisotopic (exact) mass is 317 g/mol. The summed E-state index contributed by atoms with van der Waals surface area (Å²) < 4.78 is 0. The van der Waals surface area contributed by atoms with Gasteiger partial charge in [-0.1, -0.05) is 12.8 Å². The van der Waals surface area contributed by atoms with Crippen molar-refractivity contribution in [1.82, 2.24) is 20.3 Å². The van der Waals surface area contributed by atoms with Gasteiger partial charge in [-0.3, -0.25) is 4.79 Å². The lowest BCUT2D eigenvalue weighted by Crippen LogP contribution is -2.44. The predicted molar refractivity (Wildman–Crippen MR) is 85.4 cm³/mol. The van der Waals surface area contributed by atoms with Crippen molar-refractivity contribution in [2.24, 2.45) is 11.7 Å². The number of nitrogens with zero attached hydrogens (tertiary/aromatic N) is 3. The van der Waals surface area contributed by atoms with Crippen LogP contribution in [-0.2, 0) is 0 Å². The topological polar surface area (TPSA) is 93.8 Å². The van der Waals surface area contributed by atoms with Gasteiger partial charge in [-0.05, 0) is 31.4 Å². The molecule has 2 unspecified atom stereocenters. The maximum atomic E-state index is 12.4. The minimum atomic E-state index is -0.0787. The molecule has 7 heteroatoms. The van der Waals surface area contributed by atoms with E-state index in [1.54, 1.807) is 24.7 Å². The Morgan fingerprint density at radius 1 is 1.27 bits per heavy atom. The second kappa shape index (κ2) is 6.93. The zero-order valence-electron chi connectivity index (χ0n) is 12.2. The molecule has 0 saturated heterocycles. The molecule has 1 fully saturated rings. The maximum absolute atomic E-state index is 12.4. The molecule has 0 spiro atoms. The zero-order chi connectivity index (χ0) is 15.4. The van der Waals surface area contributed by atoms with E-state index in [0.29, 0.717) is 28.2 Å². The van der Waals surface area contributed by atoms with Crippen LogP contribution < -0.4 is 11.1 Å². The minimum Gasteiger partial charge on any atom is -0.348 e. The average Bonchev–Trinajstić information content (AvgIpc) is 3.06. The molecule has 22 heavy (non-hydrogen) atoms. The van der Waals surface area contributed by atoms with Gasteiger partial charge in [-0.15, -0.1) is 11.3 Å². The van der Waals surface area contributed by atoms with Crippen molar-refractivity contribution in [3.63, 3.8) is 0 Å². The Hall–Kier alpha value is -1.86. The van der Waals surface area contributed by atoms with Crippen LogP contribution in [0.2, 0.25) is 0 Å². The third-order valence-corrected chi connectivity index (χ3v) is 5.01. The number of aromatic nitrogens is 3. The van der Waals surface area contributed by atoms with Crippen LogP contribution in [0.1, 0.15) is 35.4 Å². The Morgan fingerprint density at radius 2 is 2.05 bits per heavy atom. The van der Waals surface area contributed by atoms with Gasteiger partial charge < -0.3 is 11.1 Å². The highest BCUT2D eigenvalue weighted by Gasteiger charge is 2.26. The Balaban J connectivity index is 1.69. The third kappa shape index (κ3) is 3.31. The van der Waals surface area contributed by atoms with Crippen LogP contribution in [0.25, 0.3) is 10.8 Å². The highest BCUT2D eigenvalue weighted by Crippen LogP contribution is 2.25. The van der Waals surface area contributed by atoms with Crippen molar-refractivity contribution in [3.8, 4) is 10.8 Å². The molecule has 1 amide bonds. The number of hydrogen-bond donors (Lipinski definition) is 2. The standard InChI is InChI=1S/C15H19N5OS/c16-8-10-4-1-2-5-11(10)20-14(21)12-9-19-15(22-12)13-17-6-3-7-18-13/h3,6-7,9-11H,1-2,4-5,8,16H2,(H,20,21). The van der Waals surface area contributed by atoms with Crippen LogP contribution in [0.3, 0.4) is 0 Å². The number of thiazole rings is 1. The Morgan fingerprint density at radius 3 is 2.82 bits per heavy atom. The lowest BCUT2D eigenvalue weighted by Gasteiger charge is -2.31. The predicted octanol–water partition coefficient (Wildman–Crippen LogP) is 1.85. The lowest BCUT2D eigenvalue weighted by molar-refractivity contribution is 0.0912. The fraction of sp³-hybridized carbons (Fsp3) is 0.467. The molecule has 2 heterocycles. The molecule has 2 atom stereocenters. The SMILES string of the molecule is NCC1CCCCC1NC(=O)c1cnc(-c2ncccn2)s1. The van der Waals surface area contributed by atoms with E-state index in [1.165, 1.54) is 17.8 Å². The molecule has 2 aromatic heterocycles. The van der Waals surface area contributed by atoms with E-state index < -0.39 is 0 Å². The summed E-state index contributed by atoms with van der Waals surface area (Å²) >= 11 is 1.31. The first-order valence-corrected chi connectivity index (χ1v) is 8.33. The lowest BCUT2D eigenvalue weighted by atomic mass is 9.84. The van der Waals surface area contributed by atoms with Gasteiger partial charge in [0, 0.05) is 18.4 Å². The minimum absolute atomic E-state index is 0.0787. The van der Waals surface area contributed by atoms with Crippen molar-refractivity contribution in [2.75, 3.05) is 6.54 Å². The summed E-state index contributed by atoms with van der Waals surface area (Å²) in [6.45, 7) is 0.622. The number of carbonyl (C=O) groups is 1. The second-order valence-corrected chi connectivity index (χ2v) is 6.49.